The molecule has 0 bridgehead atoms. The van der Waals surface area contributed by atoms with Gasteiger partial charge in [0, 0.05) is 48.2 Å². The molecule has 0 aliphatic carbocycles. The Labute approximate surface area is 150 Å². The highest BCUT2D eigenvalue weighted by Gasteiger charge is 2.24. The Morgan fingerprint density at radius 2 is 1.84 bits per heavy atom. The first-order valence-corrected chi connectivity index (χ1v) is 9.31. The van der Waals surface area contributed by atoms with E-state index in [1.807, 2.05) is 40.6 Å². The van der Waals surface area contributed by atoms with Crippen LogP contribution in [0.4, 0.5) is 4.39 Å². The number of carbonyl (C=O) groups excluding carboxylic acids is 1. The van der Waals surface area contributed by atoms with Crippen LogP contribution in [-0.2, 0) is 6.54 Å². The van der Waals surface area contributed by atoms with Crippen molar-refractivity contribution in [3.63, 3.8) is 0 Å². The smallest absolute Gasteiger partial charge is 0.255 e. The van der Waals surface area contributed by atoms with Crippen LogP contribution in [0.5, 0.6) is 0 Å². The van der Waals surface area contributed by atoms with Gasteiger partial charge in [0.15, 0.2) is 0 Å². The van der Waals surface area contributed by atoms with E-state index in [-0.39, 0.29) is 11.7 Å². The van der Waals surface area contributed by atoms with Gasteiger partial charge in [-0.25, -0.2) is 4.39 Å². The zero-order chi connectivity index (χ0) is 17.2. The van der Waals surface area contributed by atoms with Crippen LogP contribution in [0.2, 0.25) is 0 Å². The molecule has 1 fully saturated rings. The molecule has 0 radical (unpaired) electrons. The maximum atomic E-state index is 13.3. The monoisotopic (exact) mass is 354 g/mol. The Kier molecular flexibility index (Phi) is 4.51. The Balaban J connectivity index is 1.40. The van der Waals surface area contributed by atoms with Crippen molar-refractivity contribution in [2.45, 2.75) is 6.54 Å². The van der Waals surface area contributed by atoms with Gasteiger partial charge in [0.2, 0.25) is 0 Å². The number of piperazine rings is 1. The van der Waals surface area contributed by atoms with Crippen molar-refractivity contribution in [1.82, 2.24) is 9.80 Å². The second kappa shape index (κ2) is 6.94. The topological polar surface area (TPSA) is 23.6 Å². The molecule has 0 unspecified atom stereocenters. The van der Waals surface area contributed by atoms with Crippen LogP contribution >= 0.6 is 11.3 Å². The Hall–Kier alpha value is -2.24. The van der Waals surface area contributed by atoms with E-state index in [0.29, 0.717) is 13.1 Å². The molecule has 3 nitrogen and oxygen atoms in total. The van der Waals surface area contributed by atoms with Crippen molar-refractivity contribution in [2.24, 2.45) is 0 Å². The minimum atomic E-state index is -0.198. The summed E-state index contributed by atoms with van der Waals surface area (Å²) in [5.74, 6) is -0.0847. The highest BCUT2D eigenvalue weighted by molar-refractivity contribution is 7.17. The van der Waals surface area contributed by atoms with E-state index in [9.17, 15) is 9.18 Å². The number of rotatable bonds is 3. The van der Waals surface area contributed by atoms with E-state index in [1.54, 1.807) is 23.5 Å². The number of nitrogens with zero attached hydrogens (tertiary/aromatic N) is 2. The zero-order valence-corrected chi connectivity index (χ0v) is 14.6. The quantitative estimate of drug-likeness (QED) is 0.710. The van der Waals surface area contributed by atoms with Crippen LogP contribution < -0.4 is 0 Å². The van der Waals surface area contributed by atoms with E-state index < -0.39 is 0 Å². The first-order chi connectivity index (χ1) is 12.2. The molecule has 1 amide bonds. The Morgan fingerprint density at radius 1 is 1.04 bits per heavy atom. The molecule has 0 saturated carbocycles. The molecule has 5 heteroatoms. The van der Waals surface area contributed by atoms with E-state index in [2.05, 4.69) is 4.90 Å². The van der Waals surface area contributed by atoms with Crippen LogP contribution in [-0.4, -0.2) is 41.9 Å². The summed E-state index contributed by atoms with van der Waals surface area (Å²) >= 11 is 1.62. The van der Waals surface area contributed by atoms with Gasteiger partial charge in [-0.3, -0.25) is 9.69 Å². The molecule has 1 aromatic heterocycles. The molecular weight excluding hydrogens is 335 g/mol. The number of hydrogen-bond acceptors (Lipinski definition) is 3. The van der Waals surface area contributed by atoms with E-state index in [4.69, 9.17) is 0 Å². The Bertz CT molecular complexity index is 899. The maximum absolute atomic E-state index is 13.3. The van der Waals surface area contributed by atoms with Crippen LogP contribution in [0.15, 0.2) is 53.9 Å². The number of halogens is 1. The van der Waals surface area contributed by atoms with Crippen LogP contribution in [0, 0.1) is 5.82 Å². The first kappa shape index (κ1) is 16.2. The van der Waals surface area contributed by atoms with Crippen LogP contribution in [0.1, 0.15) is 15.9 Å². The molecule has 128 valence electrons. The molecular formula is C20H19FN2OS. The summed E-state index contributed by atoms with van der Waals surface area (Å²) in [6, 6.07) is 14.8. The average Bonchev–Trinajstić information content (AvgIpc) is 3.06. The van der Waals surface area contributed by atoms with Gasteiger partial charge in [-0.2, -0.15) is 0 Å². The summed E-state index contributed by atoms with van der Waals surface area (Å²) in [4.78, 5) is 17.0. The maximum Gasteiger partial charge on any atom is 0.255 e. The van der Waals surface area contributed by atoms with Gasteiger partial charge in [0.1, 0.15) is 5.82 Å². The zero-order valence-electron chi connectivity index (χ0n) is 13.8. The van der Waals surface area contributed by atoms with Gasteiger partial charge in [-0.15, -0.1) is 11.3 Å². The summed E-state index contributed by atoms with van der Waals surface area (Å²) in [7, 11) is 0. The lowest BCUT2D eigenvalue weighted by Crippen LogP contribution is -2.48. The van der Waals surface area contributed by atoms with Crippen molar-refractivity contribution >= 4 is 27.3 Å². The number of thiophene rings is 1. The predicted octanol–water partition coefficient (Wildman–Crippen LogP) is 4.00. The summed E-state index contributed by atoms with van der Waals surface area (Å²) in [6.07, 6.45) is 0. The lowest BCUT2D eigenvalue weighted by Gasteiger charge is -2.34. The molecule has 0 spiro atoms. The average molecular weight is 354 g/mol. The van der Waals surface area contributed by atoms with Crippen LogP contribution in [0.3, 0.4) is 0 Å². The van der Waals surface area contributed by atoms with Gasteiger partial charge < -0.3 is 4.90 Å². The first-order valence-electron chi connectivity index (χ1n) is 8.43. The molecule has 1 aliphatic heterocycles. The highest BCUT2D eigenvalue weighted by Crippen LogP contribution is 2.27. The molecule has 3 aromatic rings. The minimum absolute atomic E-state index is 0.114. The van der Waals surface area contributed by atoms with E-state index in [1.165, 1.54) is 6.07 Å². The lowest BCUT2D eigenvalue weighted by molar-refractivity contribution is 0.0631. The van der Waals surface area contributed by atoms with E-state index in [0.717, 1.165) is 40.8 Å². The largest absolute Gasteiger partial charge is 0.336 e. The third kappa shape index (κ3) is 3.43. The fourth-order valence-electron chi connectivity index (χ4n) is 3.32. The third-order valence-electron chi connectivity index (χ3n) is 4.67. The molecule has 25 heavy (non-hydrogen) atoms. The van der Waals surface area contributed by atoms with Crippen molar-refractivity contribution in [3.05, 3.63) is 70.9 Å². The third-order valence-corrected chi connectivity index (χ3v) is 5.63. The predicted molar refractivity (Wildman–Crippen MR) is 99.4 cm³/mol. The standard InChI is InChI=1S/C20H19FN2OS/c21-16-5-3-4-15(12-16)13-22-8-10-23(11-9-22)20(24)18-14-25-19-7-2-1-6-17(18)19/h1-7,12,14H,8-11,13H2. The van der Waals surface area contributed by atoms with Crippen molar-refractivity contribution in [2.75, 3.05) is 26.2 Å². The van der Waals surface area contributed by atoms with Gasteiger partial charge >= 0.3 is 0 Å². The summed E-state index contributed by atoms with van der Waals surface area (Å²) in [6.45, 7) is 3.76. The highest BCUT2D eigenvalue weighted by atomic mass is 32.1. The van der Waals surface area contributed by atoms with Crippen LogP contribution in [0.25, 0.3) is 10.1 Å². The van der Waals surface area contributed by atoms with Gasteiger partial charge in [-0.05, 0) is 23.8 Å². The number of amides is 1. The fraction of sp³-hybridized carbons (Fsp3) is 0.250. The summed E-state index contributed by atoms with van der Waals surface area (Å²) in [5, 5.41) is 3.01. The second-order valence-electron chi connectivity index (χ2n) is 6.34. The van der Waals surface area contributed by atoms with Gasteiger partial charge in [0.25, 0.3) is 5.91 Å². The Morgan fingerprint density at radius 3 is 2.64 bits per heavy atom. The molecule has 2 aromatic carbocycles. The van der Waals surface area contributed by atoms with Crippen molar-refractivity contribution in [3.8, 4) is 0 Å². The molecule has 1 aliphatic rings. The fourth-order valence-corrected chi connectivity index (χ4v) is 4.25. The van der Waals surface area contributed by atoms with Gasteiger partial charge in [-0.1, -0.05) is 30.3 Å². The van der Waals surface area contributed by atoms with Crippen molar-refractivity contribution in [1.29, 1.82) is 0 Å². The number of hydrogen-bond donors (Lipinski definition) is 0. The lowest BCUT2D eigenvalue weighted by atomic mass is 10.1. The molecule has 1 saturated heterocycles. The number of carbonyl (C=O) groups is 1. The second-order valence-corrected chi connectivity index (χ2v) is 7.26. The van der Waals surface area contributed by atoms with Crippen molar-refractivity contribution < 1.29 is 9.18 Å². The summed E-state index contributed by atoms with van der Waals surface area (Å²) < 4.78 is 14.5. The number of fused-ring (bicyclic) bond motifs is 1. The van der Waals surface area contributed by atoms with Gasteiger partial charge in [0.05, 0.1) is 5.56 Å². The number of benzene rings is 2. The molecule has 2 heterocycles. The van der Waals surface area contributed by atoms with E-state index >= 15 is 0 Å². The molecule has 0 atom stereocenters. The molecule has 4 rings (SSSR count). The summed E-state index contributed by atoms with van der Waals surface area (Å²) in [5.41, 5.74) is 1.78. The minimum Gasteiger partial charge on any atom is -0.336 e. The molecule has 0 N–H and O–H groups in total. The SMILES string of the molecule is O=C(c1csc2ccccc12)N1CCN(Cc2cccc(F)c2)CC1. The normalized spacial score (nSPS) is 15.6.